The molecular formula is C16H17F3O3S. The molecule has 0 N–H and O–H groups in total. The summed E-state index contributed by atoms with van der Waals surface area (Å²) in [5.41, 5.74) is 1.90. The van der Waals surface area contributed by atoms with Crippen molar-refractivity contribution in [3.63, 3.8) is 0 Å². The third kappa shape index (κ3) is 3.71. The Morgan fingerprint density at radius 2 is 1.83 bits per heavy atom. The van der Waals surface area contributed by atoms with Crippen LogP contribution in [-0.4, -0.2) is 25.3 Å². The van der Waals surface area contributed by atoms with E-state index in [4.69, 9.17) is 0 Å². The Labute approximate surface area is 133 Å². The quantitative estimate of drug-likeness (QED) is 0.782. The van der Waals surface area contributed by atoms with Crippen LogP contribution in [0.4, 0.5) is 13.2 Å². The van der Waals surface area contributed by atoms with Gasteiger partial charge in [-0.1, -0.05) is 30.2 Å². The molecule has 1 saturated heterocycles. The summed E-state index contributed by atoms with van der Waals surface area (Å²) in [5, 5.41) is -0.688. The van der Waals surface area contributed by atoms with E-state index in [0.29, 0.717) is 25.7 Å². The number of hydrogen-bond acceptors (Lipinski definition) is 3. The van der Waals surface area contributed by atoms with Crippen molar-refractivity contribution in [1.29, 1.82) is 0 Å². The van der Waals surface area contributed by atoms with Crippen LogP contribution >= 0.6 is 0 Å². The molecule has 3 rings (SSSR count). The first-order chi connectivity index (χ1) is 10.7. The molecule has 1 fully saturated rings. The fraction of sp³-hybridized carbons (Fsp3) is 0.500. The Hall–Kier alpha value is -1.50. The van der Waals surface area contributed by atoms with Crippen LogP contribution in [0.5, 0.6) is 5.75 Å². The predicted molar refractivity (Wildman–Crippen MR) is 79.9 cm³/mol. The minimum atomic E-state index is -4.70. The summed E-state index contributed by atoms with van der Waals surface area (Å²) in [6, 6.07) is 5.73. The van der Waals surface area contributed by atoms with Crippen molar-refractivity contribution in [2.24, 2.45) is 0 Å². The van der Waals surface area contributed by atoms with Gasteiger partial charge < -0.3 is 4.74 Å². The van der Waals surface area contributed by atoms with Crippen LogP contribution < -0.4 is 4.74 Å². The summed E-state index contributed by atoms with van der Waals surface area (Å²) in [4.78, 5) is 0. The Balaban J connectivity index is 1.72. The fourth-order valence-corrected chi connectivity index (χ4v) is 5.66. The third-order valence-corrected chi connectivity index (χ3v) is 6.95. The maximum Gasteiger partial charge on any atom is 0.573 e. The molecule has 23 heavy (non-hydrogen) atoms. The van der Waals surface area contributed by atoms with Crippen molar-refractivity contribution >= 4 is 9.84 Å². The molecule has 2 aliphatic rings. The van der Waals surface area contributed by atoms with Crippen LogP contribution in [0.3, 0.4) is 0 Å². The number of halogens is 3. The molecule has 0 radical (unpaired) electrons. The summed E-state index contributed by atoms with van der Waals surface area (Å²) in [6.07, 6.45) is 0.538. The first-order valence-electron chi connectivity index (χ1n) is 7.51. The van der Waals surface area contributed by atoms with Gasteiger partial charge in [-0.05, 0) is 43.4 Å². The van der Waals surface area contributed by atoms with Gasteiger partial charge in [0.05, 0.1) is 10.5 Å². The van der Waals surface area contributed by atoms with Gasteiger partial charge in [-0.15, -0.1) is 13.2 Å². The molecule has 2 bridgehead atoms. The summed E-state index contributed by atoms with van der Waals surface area (Å²) in [6.45, 7) is 0. The highest BCUT2D eigenvalue weighted by atomic mass is 32.2. The van der Waals surface area contributed by atoms with Crippen LogP contribution in [0.15, 0.2) is 35.9 Å². The number of ether oxygens (including phenoxy) is 1. The molecule has 0 spiro atoms. The number of fused-ring (bicyclic) bond motifs is 2. The SMILES string of the molecule is O=S1(=O)C2C=C(Cc3ccc(OC(F)(F)F)cc3)CC1CCC2. The second kappa shape index (κ2) is 5.85. The third-order valence-electron chi connectivity index (χ3n) is 4.40. The molecule has 7 heteroatoms. The zero-order chi connectivity index (χ0) is 16.7. The zero-order valence-electron chi connectivity index (χ0n) is 12.3. The topological polar surface area (TPSA) is 43.4 Å². The zero-order valence-corrected chi connectivity index (χ0v) is 13.2. The van der Waals surface area contributed by atoms with E-state index in [2.05, 4.69) is 4.74 Å². The first-order valence-corrected chi connectivity index (χ1v) is 9.12. The van der Waals surface area contributed by atoms with Gasteiger partial charge in [-0.25, -0.2) is 8.42 Å². The van der Waals surface area contributed by atoms with Gasteiger partial charge in [0.15, 0.2) is 9.84 Å². The largest absolute Gasteiger partial charge is 0.573 e. The molecular weight excluding hydrogens is 329 g/mol. The maximum absolute atomic E-state index is 12.2. The standard InChI is InChI=1S/C16H17F3O3S/c17-16(18,19)22-13-6-4-11(5-7-13)8-12-9-14-2-1-3-15(10-12)23(14,20)21/h4-7,9,14-15H,1-3,8,10H2. The van der Waals surface area contributed by atoms with Gasteiger partial charge in [0, 0.05) is 0 Å². The Morgan fingerprint density at radius 1 is 1.13 bits per heavy atom. The van der Waals surface area contributed by atoms with Crippen molar-refractivity contribution in [2.75, 3.05) is 0 Å². The second-order valence-electron chi connectivity index (χ2n) is 6.08. The molecule has 2 aliphatic heterocycles. The second-order valence-corrected chi connectivity index (χ2v) is 8.53. The normalized spacial score (nSPS) is 26.5. The Bertz CT molecular complexity index is 705. The summed E-state index contributed by atoms with van der Waals surface area (Å²) < 4.78 is 64.6. The highest BCUT2D eigenvalue weighted by Crippen LogP contribution is 2.36. The lowest BCUT2D eigenvalue weighted by Crippen LogP contribution is -2.39. The lowest BCUT2D eigenvalue weighted by Gasteiger charge is -2.33. The number of alkyl halides is 3. The van der Waals surface area contributed by atoms with E-state index in [-0.39, 0.29) is 11.0 Å². The molecule has 1 aromatic carbocycles. The first kappa shape index (κ1) is 16.4. The fourth-order valence-electron chi connectivity index (χ4n) is 3.34. The smallest absolute Gasteiger partial charge is 0.406 e. The van der Waals surface area contributed by atoms with E-state index in [1.165, 1.54) is 12.1 Å². The summed E-state index contributed by atoms with van der Waals surface area (Å²) in [7, 11) is -3.04. The predicted octanol–water partition coefficient (Wildman–Crippen LogP) is 3.79. The van der Waals surface area contributed by atoms with Crippen LogP contribution in [0.2, 0.25) is 0 Å². The lowest BCUT2D eigenvalue weighted by atomic mass is 9.94. The van der Waals surface area contributed by atoms with Crippen LogP contribution in [0, 0.1) is 0 Å². The van der Waals surface area contributed by atoms with E-state index >= 15 is 0 Å². The summed E-state index contributed by atoms with van der Waals surface area (Å²) in [5.74, 6) is -0.252. The number of hydrogen-bond donors (Lipinski definition) is 0. The minimum Gasteiger partial charge on any atom is -0.406 e. The molecule has 0 saturated carbocycles. The van der Waals surface area contributed by atoms with E-state index in [1.807, 2.05) is 6.08 Å². The van der Waals surface area contributed by atoms with Gasteiger partial charge in [-0.3, -0.25) is 0 Å². The molecule has 2 heterocycles. The van der Waals surface area contributed by atoms with Gasteiger partial charge in [0.2, 0.25) is 0 Å². The average molecular weight is 346 g/mol. The average Bonchev–Trinajstić information content (AvgIpc) is 2.40. The van der Waals surface area contributed by atoms with Crippen LogP contribution in [0.1, 0.15) is 31.2 Å². The van der Waals surface area contributed by atoms with Gasteiger partial charge in [0.1, 0.15) is 5.75 Å². The maximum atomic E-state index is 12.2. The van der Waals surface area contributed by atoms with Gasteiger partial charge in [-0.2, -0.15) is 0 Å². The minimum absolute atomic E-state index is 0.252. The Morgan fingerprint density at radius 3 is 2.43 bits per heavy atom. The van der Waals surface area contributed by atoms with E-state index in [0.717, 1.165) is 17.6 Å². The molecule has 0 amide bonds. The molecule has 0 aliphatic carbocycles. The Kier molecular flexibility index (Phi) is 4.16. The molecule has 126 valence electrons. The lowest BCUT2D eigenvalue weighted by molar-refractivity contribution is -0.274. The number of sulfone groups is 1. The van der Waals surface area contributed by atoms with Crippen molar-refractivity contribution < 1.29 is 26.3 Å². The van der Waals surface area contributed by atoms with Gasteiger partial charge >= 0.3 is 6.36 Å². The van der Waals surface area contributed by atoms with Gasteiger partial charge in [0.25, 0.3) is 0 Å². The monoisotopic (exact) mass is 346 g/mol. The number of benzene rings is 1. The molecule has 3 nitrogen and oxygen atoms in total. The van der Waals surface area contributed by atoms with E-state index in [1.54, 1.807) is 12.1 Å². The highest BCUT2D eigenvalue weighted by Gasteiger charge is 2.40. The molecule has 2 atom stereocenters. The van der Waals surface area contributed by atoms with Crippen molar-refractivity contribution in [3.05, 3.63) is 41.5 Å². The number of rotatable bonds is 3. The van der Waals surface area contributed by atoms with Crippen LogP contribution in [-0.2, 0) is 16.3 Å². The van der Waals surface area contributed by atoms with Crippen LogP contribution in [0.25, 0.3) is 0 Å². The van der Waals surface area contributed by atoms with Crippen molar-refractivity contribution in [3.8, 4) is 5.75 Å². The summed E-state index contributed by atoms with van der Waals surface area (Å²) >= 11 is 0. The van der Waals surface area contributed by atoms with E-state index in [9.17, 15) is 21.6 Å². The van der Waals surface area contributed by atoms with Crippen molar-refractivity contribution in [1.82, 2.24) is 0 Å². The van der Waals surface area contributed by atoms with Crippen molar-refractivity contribution in [2.45, 2.75) is 49.0 Å². The molecule has 0 aromatic heterocycles. The van der Waals surface area contributed by atoms with E-state index < -0.39 is 21.4 Å². The number of allylic oxidation sites excluding steroid dienone is 1. The molecule has 2 unspecified atom stereocenters. The molecule has 1 aromatic rings. The highest BCUT2D eigenvalue weighted by molar-refractivity contribution is 7.92.